The maximum Gasteiger partial charge on any atom is 0.234 e. The Balaban J connectivity index is 1.20. The number of aromatic nitrogens is 1. The van der Waals surface area contributed by atoms with Crippen molar-refractivity contribution in [2.75, 3.05) is 33.1 Å². The number of anilines is 4. The summed E-state index contributed by atoms with van der Waals surface area (Å²) >= 11 is 2.73. The SMILES string of the molecule is CC(=O)Nc1ccc(NC(=O)CSCc2csc(NC(=O)C3CC(=O)N(c4ccccc4)C3)n2)cc1. The summed E-state index contributed by atoms with van der Waals surface area (Å²) in [5.41, 5.74) is 2.86. The molecule has 1 aromatic heterocycles. The number of nitrogens with one attached hydrogen (secondary N) is 3. The molecule has 3 N–H and O–H groups in total. The molecule has 4 rings (SSSR count). The van der Waals surface area contributed by atoms with Gasteiger partial charge in [-0.3, -0.25) is 19.2 Å². The van der Waals surface area contributed by atoms with E-state index in [1.807, 2.05) is 35.7 Å². The molecule has 0 saturated carbocycles. The lowest BCUT2D eigenvalue weighted by molar-refractivity contribution is -0.122. The van der Waals surface area contributed by atoms with E-state index < -0.39 is 5.92 Å². The van der Waals surface area contributed by atoms with E-state index in [9.17, 15) is 19.2 Å². The Labute approximate surface area is 216 Å². The van der Waals surface area contributed by atoms with E-state index in [2.05, 4.69) is 20.9 Å². The molecule has 186 valence electrons. The highest BCUT2D eigenvalue weighted by Crippen LogP contribution is 2.27. The fourth-order valence-corrected chi connectivity index (χ4v) is 5.20. The fraction of sp³-hybridized carbons (Fsp3) is 0.240. The second-order valence-corrected chi connectivity index (χ2v) is 10.0. The van der Waals surface area contributed by atoms with Crippen LogP contribution in [0.1, 0.15) is 19.0 Å². The van der Waals surface area contributed by atoms with Gasteiger partial charge in [-0.15, -0.1) is 23.1 Å². The molecule has 1 aliphatic heterocycles. The highest BCUT2D eigenvalue weighted by Gasteiger charge is 2.35. The zero-order chi connectivity index (χ0) is 25.5. The molecule has 1 unspecified atom stereocenters. The molecule has 2 aromatic carbocycles. The highest BCUT2D eigenvalue weighted by molar-refractivity contribution is 7.99. The van der Waals surface area contributed by atoms with Gasteiger partial charge in [-0.05, 0) is 36.4 Å². The molecule has 0 bridgehead atoms. The van der Waals surface area contributed by atoms with Crippen molar-refractivity contribution in [1.29, 1.82) is 0 Å². The minimum atomic E-state index is -0.435. The molecule has 4 amide bonds. The summed E-state index contributed by atoms with van der Waals surface area (Å²) in [6.45, 7) is 1.78. The summed E-state index contributed by atoms with van der Waals surface area (Å²) in [6, 6.07) is 16.2. The molecule has 0 radical (unpaired) electrons. The Hall–Kier alpha value is -3.70. The van der Waals surface area contributed by atoms with Crippen molar-refractivity contribution in [1.82, 2.24) is 4.98 Å². The number of thiazole rings is 1. The average molecular weight is 524 g/mol. The summed E-state index contributed by atoms with van der Waals surface area (Å²) in [5.74, 6) is -0.271. The van der Waals surface area contributed by atoms with Gasteiger partial charge < -0.3 is 20.9 Å². The summed E-state index contributed by atoms with van der Waals surface area (Å²) in [5, 5.41) is 10.6. The molecule has 1 fully saturated rings. The summed E-state index contributed by atoms with van der Waals surface area (Å²) in [7, 11) is 0. The van der Waals surface area contributed by atoms with Gasteiger partial charge in [0.25, 0.3) is 0 Å². The molecule has 3 aromatic rings. The highest BCUT2D eigenvalue weighted by atomic mass is 32.2. The first-order valence-electron chi connectivity index (χ1n) is 11.2. The lowest BCUT2D eigenvalue weighted by Crippen LogP contribution is -2.28. The first-order chi connectivity index (χ1) is 17.4. The van der Waals surface area contributed by atoms with Crippen LogP contribution >= 0.6 is 23.1 Å². The molecule has 1 atom stereocenters. The van der Waals surface area contributed by atoms with E-state index >= 15 is 0 Å². The molecule has 0 spiro atoms. The van der Waals surface area contributed by atoms with Crippen LogP contribution in [-0.4, -0.2) is 40.9 Å². The van der Waals surface area contributed by atoms with Crippen LogP contribution in [0.4, 0.5) is 22.2 Å². The monoisotopic (exact) mass is 523 g/mol. The maximum atomic E-state index is 12.7. The average Bonchev–Trinajstić information content (AvgIpc) is 3.47. The van der Waals surface area contributed by atoms with Crippen LogP contribution < -0.4 is 20.9 Å². The summed E-state index contributed by atoms with van der Waals surface area (Å²) < 4.78 is 0. The number of nitrogens with zero attached hydrogens (tertiary/aromatic N) is 2. The Morgan fingerprint density at radius 3 is 2.42 bits per heavy atom. The minimum absolute atomic E-state index is 0.0699. The lowest BCUT2D eigenvalue weighted by Gasteiger charge is -2.16. The van der Waals surface area contributed by atoms with Crippen molar-refractivity contribution >= 4 is 68.9 Å². The summed E-state index contributed by atoms with van der Waals surface area (Å²) in [4.78, 5) is 54.4. The predicted octanol–water partition coefficient (Wildman–Crippen LogP) is 3.97. The number of para-hydroxylation sites is 1. The Morgan fingerprint density at radius 1 is 1.03 bits per heavy atom. The molecule has 0 aliphatic carbocycles. The molecule has 1 aliphatic rings. The van der Waals surface area contributed by atoms with Crippen LogP contribution in [0, 0.1) is 5.92 Å². The van der Waals surface area contributed by atoms with Crippen LogP contribution in [-0.2, 0) is 24.9 Å². The van der Waals surface area contributed by atoms with Crippen molar-refractivity contribution in [2.45, 2.75) is 19.1 Å². The molecule has 1 saturated heterocycles. The van der Waals surface area contributed by atoms with Gasteiger partial charge in [0.1, 0.15) is 0 Å². The van der Waals surface area contributed by atoms with Crippen LogP contribution in [0.15, 0.2) is 60.0 Å². The number of benzene rings is 2. The van der Waals surface area contributed by atoms with Crippen molar-refractivity contribution in [3.63, 3.8) is 0 Å². The standard InChI is InChI=1S/C25H25N5O4S2/c1-16(31)26-18-7-9-19(10-8-18)27-22(32)15-35-13-20-14-36-25(28-20)29-24(34)17-11-23(33)30(12-17)21-5-3-2-4-6-21/h2-10,14,17H,11-13,15H2,1H3,(H,26,31)(H,27,32)(H,28,29,34). The summed E-state index contributed by atoms with van der Waals surface area (Å²) in [6.07, 6.45) is 0.167. The predicted molar refractivity (Wildman–Crippen MR) is 143 cm³/mol. The smallest absolute Gasteiger partial charge is 0.234 e. The third-order valence-corrected chi connectivity index (χ3v) is 7.09. The van der Waals surface area contributed by atoms with Gasteiger partial charge in [0, 0.05) is 48.1 Å². The van der Waals surface area contributed by atoms with Crippen LogP contribution in [0.5, 0.6) is 0 Å². The molecular formula is C25H25N5O4S2. The van der Waals surface area contributed by atoms with Gasteiger partial charge in [0.05, 0.1) is 17.4 Å². The number of carbonyl (C=O) groups excluding carboxylic acids is 4. The van der Waals surface area contributed by atoms with Crippen molar-refractivity contribution in [3.05, 3.63) is 65.7 Å². The Bertz CT molecular complexity index is 1250. The van der Waals surface area contributed by atoms with E-state index in [4.69, 9.17) is 0 Å². The zero-order valence-electron chi connectivity index (χ0n) is 19.5. The number of amides is 4. The van der Waals surface area contributed by atoms with Gasteiger partial charge in [0.2, 0.25) is 23.6 Å². The second kappa shape index (κ2) is 11.8. The number of hydrogen-bond donors (Lipinski definition) is 3. The first kappa shape index (κ1) is 25.4. The quantitative estimate of drug-likeness (QED) is 0.390. The second-order valence-electron chi connectivity index (χ2n) is 8.17. The van der Waals surface area contributed by atoms with E-state index in [1.165, 1.54) is 30.0 Å². The number of rotatable bonds is 9. The van der Waals surface area contributed by atoms with Gasteiger partial charge in [0.15, 0.2) is 5.13 Å². The van der Waals surface area contributed by atoms with Crippen LogP contribution in [0.3, 0.4) is 0 Å². The lowest BCUT2D eigenvalue weighted by atomic mass is 10.1. The van der Waals surface area contributed by atoms with Crippen LogP contribution in [0.25, 0.3) is 0 Å². The number of hydrogen-bond acceptors (Lipinski definition) is 7. The fourth-order valence-electron chi connectivity index (χ4n) is 3.66. The normalized spacial score (nSPS) is 15.0. The molecule has 11 heteroatoms. The van der Waals surface area contributed by atoms with Gasteiger partial charge in [-0.1, -0.05) is 18.2 Å². The van der Waals surface area contributed by atoms with E-state index in [-0.39, 0.29) is 35.8 Å². The largest absolute Gasteiger partial charge is 0.326 e. The van der Waals surface area contributed by atoms with Crippen molar-refractivity contribution in [3.8, 4) is 0 Å². The van der Waals surface area contributed by atoms with Gasteiger partial charge in [-0.2, -0.15) is 0 Å². The zero-order valence-corrected chi connectivity index (χ0v) is 21.2. The minimum Gasteiger partial charge on any atom is -0.326 e. The van der Waals surface area contributed by atoms with Crippen molar-refractivity contribution in [2.24, 2.45) is 5.92 Å². The Morgan fingerprint density at radius 2 is 1.72 bits per heavy atom. The van der Waals surface area contributed by atoms with E-state index in [0.29, 0.717) is 28.8 Å². The molecule has 2 heterocycles. The van der Waals surface area contributed by atoms with E-state index in [1.54, 1.807) is 29.2 Å². The van der Waals surface area contributed by atoms with Gasteiger partial charge >= 0.3 is 0 Å². The maximum absolute atomic E-state index is 12.7. The Kier molecular flexibility index (Phi) is 8.34. The van der Waals surface area contributed by atoms with Crippen LogP contribution in [0.2, 0.25) is 0 Å². The van der Waals surface area contributed by atoms with Gasteiger partial charge in [-0.25, -0.2) is 4.98 Å². The molecule has 36 heavy (non-hydrogen) atoms. The third kappa shape index (κ3) is 6.92. The first-order valence-corrected chi connectivity index (χ1v) is 13.3. The number of carbonyl (C=O) groups is 4. The van der Waals surface area contributed by atoms with E-state index in [0.717, 1.165) is 11.4 Å². The molecular weight excluding hydrogens is 498 g/mol. The van der Waals surface area contributed by atoms with Crippen molar-refractivity contribution < 1.29 is 19.2 Å². The molecule has 9 nitrogen and oxygen atoms in total. The topological polar surface area (TPSA) is 120 Å². The third-order valence-electron chi connectivity index (χ3n) is 5.32. The number of thioether (sulfide) groups is 1.